The van der Waals surface area contributed by atoms with E-state index in [9.17, 15) is 4.79 Å². The van der Waals surface area contributed by atoms with Crippen LogP contribution in [0.2, 0.25) is 0 Å². The van der Waals surface area contributed by atoms with Crippen molar-refractivity contribution in [3.63, 3.8) is 0 Å². The minimum absolute atomic E-state index is 0.130. The maximum atomic E-state index is 12.0. The van der Waals surface area contributed by atoms with Crippen molar-refractivity contribution in [1.29, 1.82) is 0 Å². The summed E-state index contributed by atoms with van der Waals surface area (Å²) in [5, 5.41) is 6.94. The van der Waals surface area contributed by atoms with E-state index in [0.717, 1.165) is 24.5 Å². The number of nitrogens with one attached hydrogen (secondary N) is 1. The molecule has 96 valence electrons. The third kappa shape index (κ3) is 2.80. The van der Waals surface area contributed by atoms with Gasteiger partial charge >= 0.3 is 0 Å². The molecule has 0 aliphatic heterocycles. The molecule has 0 saturated heterocycles. The number of carbonyl (C=O) groups is 1. The third-order valence-corrected chi connectivity index (χ3v) is 2.60. The molecular formula is C13H17N3O2. The zero-order valence-corrected chi connectivity index (χ0v) is 10.6. The van der Waals surface area contributed by atoms with Crippen LogP contribution in [0.5, 0.6) is 0 Å². The summed E-state index contributed by atoms with van der Waals surface area (Å²) in [6.45, 7) is 5.07. The summed E-state index contributed by atoms with van der Waals surface area (Å²) in [4.78, 5) is 12.0. The Labute approximate surface area is 106 Å². The highest BCUT2D eigenvalue weighted by Crippen LogP contribution is 2.06. The van der Waals surface area contributed by atoms with Crippen molar-refractivity contribution < 1.29 is 9.21 Å². The lowest BCUT2D eigenvalue weighted by atomic mass is 10.3. The Morgan fingerprint density at radius 2 is 2.28 bits per heavy atom. The van der Waals surface area contributed by atoms with Gasteiger partial charge in [0.25, 0.3) is 5.91 Å². The molecule has 0 aliphatic carbocycles. The van der Waals surface area contributed by atoms with Crippen LogP contribution in [-0.2, 0) is 13.1 Å². The lowest BCUT2D eigenvalue weighted by Crippen LogP contribution is -2.25. The Bertz CT molecular complexity index is 528. The SMILES string of the molecule is CCCn1nccc1C(=O)NCc1ccc(C)o1. The minimum Gasteiger partial charge on any atom is -0.465 e. The predicted molar refractivity (Wildman–Crippen MR) is 67.1 cm³/mol. The number of aromatic nitrogens is 2. The smallest absolute Gasteiger partial charge is 0.269 e. The van der Waals surface area contributed by atoms with Crippen molar-refractivity contribution in [3.05, 3.63) is 41.6 Å². The molecule has 0 radical (unpaired) electrons. The fraction of sp³-hybridized carbons (Fsp3) is 0.385. The first-order valence-electron chi connectivity index (χ1n) is 6.06. The molecular weight excluding hydrogens is 230 g/mol. The number of hydrogen-bond acceptors (Lipinski definition) is 3. The second kappa shape index (κ2) is 5.53. The highest BCUT2D eigenvalue weighted by atomic mass is 16.3. The first-order valence-corrected chi connectivity index (χ1v) is 6.06. The Morgan fingerprint density at radius 3 is 2.94 bits per heavy atom. The minimum atomic E-state index is -0.130. The van der Waals surface area contributed by atoms with Crippen LogP contribution in [0.3, 0.4) is 0 Å². The fourth-order valence-corrected chi connectivity index (χ4v) is 1.75. The van der Waals surface area contributed by atoms with Crippen LogP contribution in [0, 0.1) is 6.92 Å². The van der Waals surface area contributed by atoms with Gasteiger partial charge in [-0.25, -0.2) is 0 Å². The molecule has 2 aromatic heterocycles. The molecule has 1 amide bonds. The van der Waals surface area contributed by atoms with Gasteiger partial charge in [-0.1, -0.05) is 6.92 Å². The maximum absolute atomic E-state index is 12.0. The molecule has 0 fully saturated rings. The predicted octanol–water partition coefficient (Wildman–Crippen LogP) is 2.12. The average Bonchev–Trinajstić information content (AvgIpc) is 2.96. The first kappa shape index (κ1) is 12.4. The fourth-order valence-electron chi connectivity index (χ4n) is 1.75. The second-order valence-electron chi connectivity index (χ2n) is 4.13. The summed E-state index contributed by atoms with van der Waals surface area (Å²) >= 11 is 0. The molecule has 5 heteroatoms. The van der Waals surface area contributed by atoms with E-state index < -0.39 is 0 Å². The number of carbonyl (C=O) groups excluding carboxylic acids is 1. The van der Waals surface area contributed by atoms with Gasteiger partial charge in [0.05, 0.1) is 6.54 Å². The Balaban J connectivity index is 1.97. The van der Waals surface area contributed by atoms with Gasteiger partial charge in [0.1, 0.15) is 17.2 Å². The topological polar surface area (TPSA) is 60.1 Å². The average molecular weight is 247 g/mol. The Kier molecular flexibility index (Phi) is 3.82. The van der Waals surface area contributed by atoms with Gasteiger partial charge in [0.2, 0.25) is 0 Å². The van der Waals surface area contributed by atoms with Crippen LogP contribution < -0.4 is 5.32 Å². The number of amides is 1. The van der Waals surface area contributed by atoms with Crippen molar-refractivity contribution >= 4 is 5.91 Å². The Morgan fingerprint density at radius 1 is 1.44 bits per heavy atom. The van der Waals surface area contributed by atoms with Crippen LogP contribution in [0.15, 0.2) is 28.8 Å². The molecule has 0 aliphatic rings. The standard InChI is InChI=1S/C13H17N3O2/c1-3-8-16-12(6-7-15-16)13(17)14-9-11-5-4-10(2)18-11/h4-7H,3,8-9H2,1-2H3,(H,14,17). The monoisotopic (exact) mass is 247 g/mol. The summed E-state index contributed by atoms with van der Waals surface area (Å²) in [6.07, 6.45) is 2.58. The second-order valence-corrected chi connectivity index (χ2v) is 4.13. The number of aryl methyl sites for hydroxylation is 2. The lowest BCUT2D eigenvalue weighted by molar-refractivity contribution is 0.0937. The summed E-state index contributed by atoms with van der Waals surface area (Å²) in [5.41, 5.74) is 0.583. The van der Waals surface area contributed by atoms with E-state index in [2.05, 4.69) is 17.3 Å². The highest BCUT2D eigenvalue weighted by Gasteiger charge is 2.11. The van der Waals surface area contributed by atoms with E-state index in [0.29, 0.717) is 12.2 Å². The largest absolute Gasteiger partial charge is 0.465 e. The Hall–Kier alpha value is -2.04. The summed E-state index contributed by atoms with van der Waals surface area (Å²) in [6, 6.07) is 5.46. The van der Waals surface area contributed by atoms with Gasteiger partial charge in [-0.3, -0.25) is 9.48 Å². The van der Waals surface area contributed by atoms with Crippen molar-refractivity contribution in [3.8, 4) is 0 Å². The van der Waals surface area contributed by atoms with Gasteiger partial charge in [-0.15, -0.1) is 0 Å². The van der Waals surface area contributed by atoms with Crippen LogP contribution in [0.4, 0.5) is 0 Å². The zero-order valence-electron chi connectivity index (χ0n) is 10.6. The molecule has 0 unspecified atom stereocenters. The summed E-state index contributed by atoms with van der Waals surface area (Å²) in [7, 11) is 0. The van der Waals surface area contributed by atoms with Crippen molar-refractivity contribution in [2.45, 2.75) is 33.4 Å². The molecule has 5 nitrogen and oxygen atoms in total. The first-order chi connectivity index (χ1) is 8.70. The number of nitrogens with zero attached hydrogens (tertiary/aromatic N) is 2. The van der Waals surface area contributed by atoms with Gasteiger partial charge in [0, 0.05) is 12.7 Å². The van der Waals surface area contributed by atoms with E-state index in [4.69, 9.17) is 4.42 Å². The van der Waals surface area contributed by atoms with E-state index >= 15 is 0 Å². The molecule has 2 rings (SSSR count). The van der Waals surface area contributed by atoms with E-state index in [-0.39, 0.29) is 5.91 Å². The van der Waals surface area contributed by atoms with Gasteiger partial charge in [0.15, 0.2) is 0 Å². The van der Waals surface area contributed by atoms with Crippen molar-refractivity contribution in [1.82, 2.24) is 15.1 Å². The molecule has 0 aromatic carbocycles. The molecule has 2 aromatic rings. The lowest BCUT2D eigenvalue weighted by Gasteiger charge is -2.06. The van der Waals surface area contributed by atoms with Gasteiger partial charge in [-0.05, 0) is 31.5 Å². The van der Waals surface area contributed by atoms with Crippen molar-refractivity contribution in [2.24, 2.45) is 0 Å². The molecule has 2 heterocycles. The normalized spacial score (nSPS) is 10.6. The molecule has 0 spiro atoms. The molecule has 0 saturated carbocycles. The molecule has 0 bridgehead atoms. The third-order valence-electron chi connectivity index (χ3n) is 2.60. The highest BCUT2D eigenvalue weighted by molar-refractivity contribution is 5.92. The van der Waals surface area contributed by atoms with Gasteiger partial charge in [-0.2, -0.15) is 5.10 Å². The summed E-state index contributed by atoms with van der Waals surface area (Å²) in [5.74, 6) is 1.47. The molecule has 18 heavy (non-hydrogen) atoms. The maximum Gasteiger partial charge on any atom is 0.269 e. The van der Waals surface area contributed by atoms with Crippen LogP contribution in [-0.4, -0.2) is 15.7 Å². The molecule has 1 N–H and O–H groups in total. The number of hydrogen-bond donors (Lipinski definition) is 1. The number of furan rings is 1. The van der Waals surface area contributed by atoms with Gasteiger partial charge < -0.3 is 9.73 Å². The zero-order chi connectivity index (χ0) is 13.0. The van der Waals surface area contributed by atoms with E-state index in [1.807, 2.05) is 19.1 Å². The van der Waals surface area contributed by atoms with Crippen molar-refractivity contribution in [2.75, 3.05) is 0 Å². The van der Waals surface area contributed by atoms with E-state index in [1.54, 1.807) is 16.9 Å². The quantitative estimate of drug-likeness (QED) is 0.880. The van der Waals surface area contributed by atoms with E-state index in [1.165, 1.54) is 0 Å². The van der Waals surface area contributed by atoms with Crippen LogP contribution in [0.1, 0.15) is 35.4 Å². The molecule has 0 atom stereocenters. The van der Waals surface area contributed by atoms with Crippen LogP contribution in [0.25, 0.3) is 0 Å². The summed E-state index contributed by atoms with van der Waals surface area (Å²) < 4.78 is 7.10. The van der Waals surface area contributed by atoms with Crippen LogP contribution >= 0.6 is 0 Å². The number of rotatable bonds is 5.